The fraction of sp³-hybridized carbons (Fsp3) is 0.889. The Kier molecular flexibility index (Phi) is 5.75. The summed E-state index contributed by atoms with van der Waals surface area (Å²) in [5, 5.41) is 0. The SMILES string of the molecule is C=C[Si](C)(C1CCC(CC)C1)C1CCC(C[SiH](C)C)C1. The van der Waals surface area contributed by atoms with Crippen LogP contribution in [0.5, 0.6) is 0 Å². The maximum Gasteiger partial charge on any atom is 0.0801 e. The zero-order chi connectivity index (χ0) is 14.8. The molecule has 2 rings (SSSR count). The zero-order valence-electron chi connectivity index (χ0n) is 14.3. The summed E-state index contributed by atoms with van der Waals surface area (Å²) in [7, 11) is -1.60. The van der Waals surface area contributed by atoms with Crippen LogP contribution in [0.4, 0.5) is 0 Å². The fourth-order valence-corrected chi connectivity index (χ4v) is 11.6. The lowest BCUT2D eigenvalue weighted by Crippen LogP contribution is -2.38. The third kappa shape index (κ3) is 3.49. The molecule has 0 amide bonds. The minimum atomic E-state index is -1.23. The van der Waals surface area contributed by atoms with Crippen molar-refractivity contribution >= 4 is 16.9 Å². The van der Waals surface area contributed by atoms with Gasteiger partial charge in [0.25, 0.3) is 0 Å². The van der Waals surface area contributed by atoms with Crippen molar-refractivity contribution in [3.05, 3.63) is 12.3 Å². The number of hydrogen-bond donors (Lipinski definition) is 0. The molecule has 2 aliphatic carbocycles. The van der Waals surface area contributed by atoms with Crippen LogP contribution in [0.15, 0.2) is 12.3 Å². The molecular weight excluding hydrogens is 272 g/mol. The standard InChI is InChI=1S/C18H36Si2/c1-6-15-8-10-17(12-15)20(5,7-2)18-11-9-16(13-18)14-19(3)4/h7,15-19H,2,6,8-14H2,1,3-5H3. The maximum atomic E-state index is 4.33. The first kappa shape index (κ1) is 16.5. The second-order valence-corrected chi connectivity index (χ2v) is 16.4. The third-order valence-electron chi connectivity index (χ3n) is 6.66. The molecule has 0 radical (unpaired) electrons. The van der Waals surface area contributed by atoms with Crippen molar-refractivity contribution in [2.75, 3.05) is 0 Å². The molecule has 5 atom stereocenters. The zero-order valence-corrected chi connectivity index (χ0v) is 16.5. The van der Waals surface area contributed by atoms with E-state index in [1.807, 2.05) is 0 Å². The van der Waals surface area contributed by atoms with E-state index in [2.05, 4.69) is 38.8 Å². The Hall–Kier alpha value is 0.174. The summed E-state index contributed by atoms with van der Waals surface area (Å²) in [6.45, 7) is 14.5. The predicted octanol–water partition coefficient (Wildman–Crippen LogP) is 6.03. The second kappa shape index (κ2) is 6.96. The minimum absolute atomic E-state index is 0.366. The normalized spacial score (nSPS) is 37.2. The summed E-state index contributed by atoms with van der Waals surface area (Å²) in [6, 6.07) is 1.60. The van der Waals surface area contributed by atoms with Gasteiger partial charge in [0, 0.05) is 8.80 Å². The average Bonchev–Trinajstić information content (AvgIpc) is 3.06. The fourth-order valence-electron chi connectivity index (χ4n) is 5.20. The Morgan fingerprint density at radius 1 is 1.05 bits per heavy atom. The Morgan fingerprint density at radius 3 is 2.05 bits per heavy atom. The molecule has 0 saturated heterocycles. The van der Waals surface area contributed by atoms with Gasteiger partial charge in [-0.25, -0.2) is 0 Å². The molecule has 2 heteroatoms. The lowest BCUT2D eigenvalue weighted by molar-refractivity contribution is 0.528. The Balaban J connectivity index is 1.99. The smallest absolute Gasteiger partial charge is 0.0801 e. The second-order valence-electron chi connectivity index (χ2n) is 8.36. The molecule has 20 heavy (non-hydrogen) atoms. The lowest BCUT2D eigenvalue weighted by atomic mass is 10.1. The van der Waals surface area contributed by atoms with Crippen LogP contribution in [0.25, 0.3) is 0 Å². The van der Waals surface area contributed by atoms with Crippen molar-refractivity contribution in [2.24, 2.45) is 11.8 Å². The number of rotatable bonds is 6. The third-order valence-corrected chi connectivity index (χ3v) is 13.7. The van der Waals surface area contributed by atoms with E-state index >= 15 is 0 Å². The molecule has 2 fully saturated rings. The van der Waals surface area contributed by atoms with Crippen LogP contribution in [0.3, 0.4) is 0 Å². The van der Waals surface area contributed by atoms with Gasteiger partial charge in [-0.15, -0.1) is 12.3 Å². The molecule has 0 nitrogen and oxygen atoms in total. The Bertz CT molecular complexity index is 325. The van der Waals surface area contributed by atoms with E-state index in [9.17, 15) is 0 Å². The molecule has 0 aromatic rings. The molecule has 0 N–H and O–H groups in total. The van der Waals surface area contributed by atoms with Gasteiger partial charge in [0.15, 0.2) is 0 Å². The van der Waals surface area contributed by atoms with E-state index in [0.717, 1.165) is 22.9 Å². The molecule has 0 spiro atoms. The van der Waals surface area contributed by atoms with Crippen LogP contribution in [-0.4, -0.2) is 16.9 Å². The van der Waals surface area contributed by atoms with Crippen LogP contribution >= 0.6 is 0 Å². The Morgan fingerprint density at radius 2 is 1.60 bits per heavy atom. The van der Waals surface area contributed by atoms with E-state index in [1.165, 1.54) is 38.5 Å². The molecule has 0 aromatic heterocycles. The largest absolute Gasteiger partial charge is 0.107 e. The quantitative estimate of drug-likeness (QED) is 0.526. The first-order valence-electron chi connectivity index (χ1n) is 9.13. The predicted molar refractivity (Wildman–Crippen MR) is 98.0 cm³/mol. The van der Waals surface area contributed by atoms with Crippen LogP contribution in [-0.2, 0) is 0 Å². The monoisotopic (exact) mass is 308 g/mol. The van der Waals surface area contributed by atoms with Gasteiger partial charge in [-0.2, -0.15) is 0 Å². The van der Waals surface area contributed by atoms with Crippen molar-refractivity contribution in [1.82, 2.24) is 0 Å². The van der Waals surface area contributed by atoms with Crippen molar-refractivity contribution in [3.63, 3.8) is 0 Å². The van der Waals surface area contributed by atoms with Gasteiger partial charge in [0.1, 0.15) is 0 Å². The summed E-state index contributed by atoms with van der Waals surface area (Å²) in [4.78, 5) is 0. The van der Waals surface area contributed by atoms with E-state index in [4.69, 9.17) is 0 Å². The van der Waals surface area contributed by atoms with Crippen molar-refractivity contribution in [3.8, 4) is 0 Å². The first-order valence-corrected chi connectivity index (χ1v) is 15.0. The van der Waals surface area contributed by atoms with Crippen LogP contribution in [0, 0.1) is 11.8 Å². The van der Waals surface area contributed by atoms with Gasteiger partial charge in [-0.05, 0) is 35.8 Å². The highest BCUT2D eigenvalue weighted by molar-refractivity contribution is 6.86. The molecule has 116 valence electrons. The molecule has 2 aliphatic rings. The van der Waals surface area contributed by atoms with Gasteiger partial charge >= 0.3 is 0 Å². The highest BCUT2D eigenvalue weighted by Gasteiger charge is 2.46. The first-order chi connectivity index (χ1) is 9.49. The van der Waals surface area contributed by atoms with Gasteiger partial charge in [-0.3, -0.25) is 0 Å². The summed E-state index contributed by atoms with van der Waals surface area (Å²) in [6.07, 6.45) is 10.6. The van der Waals surface area contributed by atoms with Gasteiger partial charge in [0.05, 0.1) is 8.07 Å². The Labute approximate surface area is 130 Å². The average molecular weight is 309 g/mol. The number of hydrogen-bond acceptors (Lipinski definition) is 0. The van der Waals surface area contributed by atoms with E-state index in [1.54, 1.807) is 12.5 Å². The van der Waals surface area contributed by atoms with Crippen LogP contribution in [0.2, 0.25) is 36.8 Å². The van der Waals surface area contributed by atoms with Crippen molar-refractivity contribution in [1.29, 1.82) is 0 Å². The summed E-state index contributed by atoms with van der Waals surface area (Å²) >= 11 is 0. The summed E-state index contributed by atoms with van der Waals surface area (Å²) in [5.41, 5.74) is 4.62. The van der Waals surface area contributed by atoms with E-state index in [-0.39, 0.29) is 8.80 Å². The summed E-state index contributed by atoms with van der Waals surface area (Å²) < 4.78 is 0. The van der Waals surface area contributed by atoms with E-state index in [0.29, 0.717) is 0 Å². The van der Waals surface area contributed by atoms with Crippen LogP contribution in [0.1, 0.15) is 51.9 Å². The summed E-state index contributed by atoms with van der Waals surface area (Å²) in [5.74, 6) is 2.12. The highest BCUT2D eigenvalue weighted by Crippen LogP contribution is 2.53. The molecule has 0 aliphatic heterocycles. The molecule has 0 aromatic carbocycles. The maximum absolute atomic E-state index is 4.33. The van der Waals surface area contributed by atoms with Gasteiger partial charge < -0.3 is 0 Å². The topological polar surface area (TPSA) is 0 Å². The molecule has 0 heterocycles. The molecule has 2 saturated carbocycles. The lowest BCUT2D eigenvalue weighted by Gasteiger charge is -2.37. The van der Waals surface area contributed by atoms with Gasteiger partial charge in [0.2, 0.25) is 0 Å². The van der Waals surface area contributed by atoms with E-state index < -0.39 is 8.07 Å². The molecule has 5 unspecified atom stereocenters. The highest BCUT2D eigenvalue weighted by atomic mass is 28.3. The molecule has 0 bridgehead atoms. The van der Waals surface area contributed by atoms with Crippen LogP contribution < -0.4 is 0 Å². The van der Waals surface area contributed by atoms with Crippen molar-refractivity contribution < 1.29 is 0 Å². The van der Waals surface area contributed by atoms with Gasteiger partial charge in [-0.1, -0.05) is 64.7 Å². The van der Waals surface area contributed by atoms with Crippen molar-refractivity contribution in [2.45, 2.75) is 88.6 Å². The minimum Gasteiger partial charge on any atom is -0.107 e. The molecular formula is C18H36Si2.